The van der Waals surface area contributed by atoms with Gasteiger partial charge in [0.2, 0.25) is 5.91 Å². The maximum Gasteiger partial charge on any atom is 0.236 e. The van der Waals surface area contributed by atoms with E-state index in [0.717, 1.165) is 0 Å². The zero-order valence-corrected chi connectivity index (χ0v) is 8.36. The van der Waals surface area contributed by atoms with Crippen LogP contribution in [0.4, 0.5) is 10.1 Å². The van der Waals surface area contributed by atoms with Crippen molar-refractivity contribution >= 4 is 23.2 Å². The highest BCUT2D eigenvalue weighted by Crippen LogP contribution is 2.24. The van der Waals surface area contributed by atoms with Crippen LogP contribution in [0, 0.1) is 12.7 Å². The van der Waals surface area contributed by atoms with Gasteiger partial charge in [-0.2, -0.15) is 0 Å². The maximum absolute atomic E-state index is 13.1. The number of carbonyl (C=O) groups is 1. The molecule has 1 rings (SSSR count). The van der Waals surface area contributed by atoms with E-state index in [9.17, 15) is 9.18 Å². The van der Waals surface area contributed by atoms with Crippen LogP contribution in [0.3, 0.4) is 0 Å². The molecule has 3 nitrogen and oxygen atoms in total. The molecule has 0 aliphatic rings. The van der Waals surface area contributed by atoms with Crippen molar-refractivity contribution in [3.8, 4) is 0 Å². The number of nitrogens with one attached hydrogen (secondary N) is 1. The average molecular weight is 217 g/mol. The quantitative estimate of drug-likeness (QED) is 0.808. The number of nitrogens with two attached hydrogens (primary N) is 1. The number of halogens is 2. The lowest BCUT2D eigenvalue weighted by atomic mass is 10.2. The lowest BCUT2D eigenvalue weighted by Gasteiger charge is -2.07. The molecule has 1 aromatic carbocycles. The molecule has 0 atom stereocenters. The van der Waals surface area contributed by atoms with Crippen molar-refractivity contribution in [2.75, 3.05) is 11.9 Å². The summed E-state index contributed by atoms with van der Waals surface area (Å²) in [6.07, 6.45) is 0. The summed E-state index contributed by atoms with van der Waals surface area (Å²) in [6, 6.07) is 2.72. The van der Waals surface area contributed by atoms with E-state index in [-0.39, 0.29) is 12.4 Å². The Labute approximate surface area is 86.0 Å². The molecular formula is C9H10ClFN2O. The third-order valence-electron chi connectivity index (χ3n) is 1.70. The number of hydrogen-bond donors (Lipinski definition) is 2. The standard InChI is InChI=1S/C9H10ClFN2O/c1-5-2-6(10)8(3-7(5)11)13-4-9(12)14/h2-3,13H,4H2,1H3,(H2,12,14). The van der Waals surface area contributed by atoms with E-state index in [0.29, 0.717) is 16.3 Å². The first kappa shape index (κ1) is 10.8. The number of amides is 1. The number of benzene rings is 1. The van der Waals surface area contributed by atoms with Gasteiger partial charge in [-0.25, -0.2) is 4.39 Å². The van der Waals surface area contributed by atoms with Crippen LogP contribution in [-0.2, 0) is 4.79 Å². The summed E-state index contributed by atoms with van der Waals surface area (Å²) in [7, 11) is 0. The Morgan fingerprint density at radius 2 is 2.29 bits per heavy atom. The molecule has 0 bridgehead atoms. The van der Waals surface area contributed by atoms with Crippen LogP contribution in [0.2, 0.25) is 5.02 Å². The van der Waals surface area contributed by atoms with E-state index in [2.05, 4.69) is 5.32 Å². The van der Waals surface area contributed by atoms with Gasteiger partial charge in [-0.05, 0) is 24.6 Å². The Hall–Kier alpha value is -1.29. The number of carbonyl (C=O) groups excluding carboxylic acids is 1. The molecule has 0 saturated carbocycles. The molecule has 3 N–H and O–H groups in total. The highest BCUT2D eigenvalue weighted by Gasteiger charge is 2.05. The molecule has 14 heavy (non-hydrogen) atoms. The molecule has 0 radical (unpaired) electrons. The van der Waals surface area contributed by atoms with Gasteiger partial charge in [0.25, 0.3) is 0 Å². The topological polar surface area (TPSA) is 55.1 Å². The highest BCUT2D eigenvalue weighted by atomic mass is 35.5. The van der Waals surface area contributed by atoms with Crippen molar-refractivity contribution in [2.24, 2.45) is 5.73 Å². The van der Waals surface area contributed by atoms with Crippen LogP contribution >= 0.6 is 11.6 Å². The zero-order chi connectivity index (χ0) is 10.7. The predicted molar refractivity (Wildman–Crippen MR) is 53.8 cm³/mol. The van der Waals surface area contributed by atoms with Crippen molar-refractivity contribution in [2.45, 2.75) is 6.92 Å². The fourth-order valence-electron chi connectivity index (χ4n) is 0.964. The number of primary amides is 1. The predicted octanol–water partition coefficient (Wildman–Crippen LogP) is 1.68. The van der Waals surface area contributed by atoms with Crippen LogP contribution in [0.25, 0.3) is 0 Å². The second kappa shape index (κ2) is 4.28. The van der Waals surface area contributed by atoms with Crippen LogP contribution in [0.5, 0.6) is 0 Å². The van der Waals surface area contributed by atoms with Crippen molar-refractivity contribution in [3.05, 3.63) is 28.5 Å². The van der Waals surface area contributed by atoms with Gasteiger partial charge >= 0.3 is 0 Å². The first-order valence-electron chi connectivity index (χ1n) is 3.98. The summed E-state index contributed by atoms with van der Waals surface area (Å²) < 4.78 is 13.1. The Bertz CT molecular complexity index is 368. The molecule has 0 aliphatic heterocycles. The van der Waals surface area contributed by atoms with Crippen molar-refractivity contribution in [3.63, 3.8) is 0 Å². The number of aryl methyl sites for hydroxylation is 1. The monoisotopic (exact) mass is 216 g/mol. The summed E-state index contributed by atoms with van der Waals surface area (Å²) >= 11 is 5.80. The SMILES string of the molecule is Cc1cc(Cl)c(NCC(N)=O)cc1F. The number of anilines is 1. The summed E-state index contributed by atoms with van der Waals surface area (Å²) in [4.78, 5) is 10.5. The lowest BCUT2D eigenvalue weighted by Crippen LogP contribution is -2.22. The van der Waals surface area contributed by atoms with Crippen molar-refractivity contribution in [1.82, 2.24) is 0 Å². The molecule has 0 aliphatic carbocycles. The molecular weight excluding hydrogens is 207 g/mol. The smallest absolute Gasteiger partial charge is 0.236 e. The van der Waals surface area contributed by atoms with Gasteiger partial charge in [0.05, 0.1) is 17.3 Å². The van der Waals surface area contributed by atoms with E-state index in [1.807, 2.05) is 0 Å². The fourth-order valence-corrected chi connectivity index (χ4v) is 1.25. The number of hydrogen-bond acceptors (Lipinski definition) is 2. The van der Waals surface area contributed by atoms with Gasteiger partial charge in [-0.1, -0.05) is 11.6 Å². The van der Waals surface area contributed by atoms with E-state index < -0.39 is 5.91 Å². The van der Waals surface area contributed by atoms with Crippen LogP contribution in [0.15, 0.2) is 12.1 Å². The molecule has 0 fully saturated rings. The minimum Gasteiger partial charge on any atom is -0.375 e. The molecule has 5 heteroatoms. The molecule has 76 valence electrons. The van der Waals surface area contributed by atoms with Crippen LogP contribution < -0.4 is 11.1 Å². The molecule has 0 aromatic heterocycles. The first-order chi connectivity index (χ1) is 6.50. The lowest BCUT2D eigenvalue weighted by molar-refractivity contribution is -0.116. The molecule has 1 amide bonds. The minimum absolute atomic E-state index is 0.0672. The Morgan fingerprint density at radius 3 is 2.86 bits per heavy atom. The Balaban J connectivity index is 2.87. The van der Waals surface area contributed by atoms with Crippen LogP contribution in [0.1, 0.15) is 5.56 Å². The van der Waals surface area contributed by atoms with Gasteiger partial charge in [0.1, 0.15) is 5.82 Å². The highest BCUT2D eigenvalue weighted by molar-refractivity contribution is 6.33. The molecule has 0 spiro atoms. The van der Waals surface area contributed by atoms with E-state index >= 15 is 0 Å². The normalized spacial score (nSPS) is 9.93. The summed E-state index contributed by atoms with van der Waals surface area (Å²) in [5.74, 6) is -0.900. The van der Waals surface area contributed by atoms with E-state index in [4.69, 9.17) is 17.3 Å². The Morgan fingerprint density at radius 1 is 1.64 bits per heavy atom. The molecule has 0 heterocycles. The second-order valence-corrected chi connectivity index (χ2v) is 3.31. The largest absolute Gasteiger partial charge is 0.375 e. The van der Waals surface area contributed by atoms with Gasteiger partial charge in [0.15, 0.2) is 0 Å². The third kappa shape index (κ3) is 2.60. The van der Waals surface area contributed by atoms with Crippen LogP contribution in [-0.4, -0.2) is 12.5 Å². The number of rotatable bonds is 3. The van der Waals surface area contributed by atoms with E-state index in [1.165, 1.54) is 12.1 Å². The Kier molecular flexibility index (Phi) is 3.30. The molecule has 0 saturated heterocycles. The van der Waals surface area contributed by atoms with Gasteiger partial charge in [-0.15, -0.1) is 0 Å². The van der Waals surface area contributed by atoms with Crippen molar-refractivity contribution < 1.29 is 9.18 Å². The molecule has 0 unspecified atom stereocenters. The van der Waals surface area contributed by atoms with Gasteiger partial charge in [0, 0.05) is 0 Å². The maximum atomic E-state index is 13.1. The molecule has 1 aromatic rings. The van der Waals surface area contributed by atoms with E-state index in [1.54, 1.807) is 6.92 Å². The van der Waals surface area contributed by atoms with Gasteiger partial charge in [-0.3, -0.25) is 4.79 Å². The third-order valence-corrected chi connectivity index (χ3v) is 2.01. The van der Waals surface area contributed by atoms with Gasteiger partial charge < -0.3 is 11.1 Å². The van der Waals surface area contributed by atoms with Crippen molar-refractivity contribution in [1.29, 1.82) is 0 Å². The summed E-state index contributed by atoms with van der Waals surface area (Å²) in [5.41, 5.74) is 5.75. The zero-order valence-electron chi connectivity index (χ0n) is 7.60. The average Bonchev–Trinajstić information content (AvgIpc) is 2.09. The summed E-state index contributed by atoms with van der Waals surface area (Å²) in [6.45, 7) is 1.54. The first-order valence-corrected chi connectivity index (χ1v) is 4.36. The second-order valence-electron chi connectivity index (χ2n) is 2.90. The fraction of sp³-hybridized carbons (Fsp3) is 0.222. The summed E-state index contributed by atoms with van der Waals surface area (Å²) in [5, 5.41) is 3.00. The minimum atomic E-state index is -0.526.